The Hall–Kier alpha value is -4.44. The van der Waals surface area contributed by atoms with Crippen molar-refractivity contribution < 1.29 is 20.4 Å². The molecule has 0 saturated heterocycles. The minimum absolute atomic E-state index is 0.00314. The molecule has 0 aliphatic heterocycles. The van der Waals surface area contributed by atoms with Crippen LogP contribution < -0.4 is 0 Å². The van der Waals surface area contributed by atoms with Gasteiger partial charge in [-0.2, -0.15) is 0 Å². The van der Waals surface area contributed by atoms with E-state index in [2.05, 4.69) is 223 Å². The molecule has 0 bridgehead atoms. The van der Waals surface area contributed by atoms with Crippen LogP contribution in [0.25, 0.3) is 0 Å². The summed E-state index contributed by atoms with van der Waals surface area (Å²) in [5, 5.41) is 47.8. The van der Waals surface area contributed by atoms with Gasteiger partial charge in [0.15, 0.2) is 0 Å². The second kappa shape index (κ2) is 19.3. The smallest absolute Gasteiger partial charge is 0.123 e. The molecule has 1 aliphatic carbocycles. The lowest BCUT2D eigenvalue weighted by atomic mass is 9.56. The zero-order valence-corrected chi connectivity index (χ0v) is 51.3. The molecule has 0 aromatic heterocycles. The molecule has 0 spiro atoms. The molecule has 2 atom stereocenters. The first kappa shape index (κ1) is 59.4. The van der Waals surface area contributed by atoms with E-state index in [0.29, 0.717) is 35.8 Å². The van der Waals surface area contributed by atoms with Crippen molar-refractivity contribution in [1.29, 1.82) is 0 Å². The molecular formula is C69H102O4. The Bertz CT molecular complexity index is 2660. The number of rotatable bonds is 8. The van der Waals surface area contributed by atoms with Crippen molar-refractivity contribution in [3.05, 3.63) is 138 Å². The highest BCUT2D eigenvalue weighted by Gasteiger charge is 2.46. The van der Waals surface area contributed by atoms with Crippen LogP contribution in [0.1, 0.15) is 254 Å². The fourth-order valence-corrected chi connectivity index (χ4v) is 12.1. The SMILES string of the molecule is CC1=C(Cc2cc(C(C)(C)C)c(O)c(C(C)(C)C)c2)C(C)(Cc2c(C(C)(C)C)cc(O)cc2C(C)(C)C)C(Cc2cc(C(C)(C)C)c(O)c(C(C)(C)C)c2)C(C)=C1Cc1cc(C(C)(C)C)c(O)c(C(C)(C)C)c1. The van der Waals surface area contributed by atoms with Crippen LogP contribution in [0.15, 0.2) is 70.8 Å². The lowest BCUT2D eigenvalue weighted by Crippen LogP contribution is -2.40. The molecule has 2 unspecified atom stereocenters. The number of benzene rings is 4. The normalized spacial score (nSPS) is 18.0. The molecule has 402 valence electrons. The van der Waals surface area contributed by atoms with Gasteiger partial charge in [-0.05, 0) is 179 Å². The summed E-state index contributed by atoms with van der Waals surface area (Å²) in [5.41, 5.74) is 15.6. The standard InChI is InChI=1S/C69H102O4/c1-40-46(28-42-31-52(63(9,10)11)58(71)53(32-42)64(12,13)14)41(2)49(30-44-35-56(67(21,22)23)60(73)57(36-44)68(24,25)26)69(27,39-47-50(61(3,4)5)37-45(70)38-51(47)62(6,7)8)48(40)29-43-33-54(65(15,16)17)59(72)55(34-43)66(18,19)20/h31-38,48,70-73H,28-30,39H2,1-27H3. The second-order valence-electron chi connectivity index (χ2n) is 31.1. The van der Waals surface area contributed by atoms with Crippen LogP contribution in [0, 0.1) is 11.3 Å². The highest BCUT2D eigenvalue weighted by Crippen LogP contribution is 2.56. The first-order valence-electron chi connectivity index (χ1n) is 27.5. The van der Waals surface area contributed by atoms with Crippen LogP contribution >= 0.6 is 0 Å². The van der Waals surface area contributed by atoms with E-state index < -0.39 is 5.41 Å². The van der Waals surface area contributed by atoms with Crippen molar-refractivity contribution in [3.8, 4) is 23.0 Å². The highest BCUT2D eigenvalue weighted by atomic mass is 16.3. The van der Waals surface area contributed by atoms with Gasteiger partial charge in [-0.25, -0.2) is 0 Å². The minimum Gasteiger partial charge on any atom is -0.508 e. The van der Waals surface area contributed by atoms with Crippen LogP contribution in [0.3, 0.4) is 0 Å². The molecule has 4 nitrogen and oxygen atoms in total. The zero-order valence-electron chi connectivity index (χ0n) is 51.3. The first-order chi connectivity index (χ1) is 32.6. The Kier molecular flexibility index (Phi) is 15.7. The number of phenols is 4. The maximum Gasteiger partial charge on any atom is 0.123 e. The van der Waals surface area contributed by atoms with Crippen LogP contribution in [0.5, 0.6) is 23.0 Å². The number of aromatic hydroxyl groups is 4. The molecule has 0 amide bonds. The third-order valence-electron chi connectivity index (χ3n) is 16.3. The molecule has 5 rings (SSSR count). The molecule has 73 heavy (non-hydrogen) atoms. The van der Waals surface area contributed by atoms with Crippen LogP contribution in [-0.2, 0) is 69.0 Å². The summed E-state index contributed by atoms with van der Waals surface area (Å²) in [6, 6.07) is 17.7. The van der Waals surface area contributed by atoms with Crippen molar-refractivity contribution >= 4 is 0 Å². The lowest BCUT2D eigenvalue weighted by Gasteiger charge is -2.48. The molecule has 4 heteroatoms. The summed E-state index contributed by atoms with van der Waals surface area (Å²) in [6.07, 6.45) is 2.87. The quantitative estimate of drug-likeness (QED) is 0.142. The Morgan fingerprint density at radius 2 is 0.658 bits per heavy atom. The summed E-state index contributed by atoms with van der Waals surface area (Å²) in [6.45, 7) is 60.5. The largest absolute Gasteiger partial charge is 0.508 e. The fourth-order valence-electron chi connectivity index (χ4n) is 12.1. The molecular weight excluding hydrogens is 893 g/mol. The van der Waals surface area contributed by atoms with E-state index in [1.807, 2.05) is 12.1 Å². The molecule has 0 saturated carbocycles. The number of hydrogen-bond donors (Lipinski definition) is 4. The Morgan fingerprint density at radius 3 is 0.945 bits per heavy atom. The van der Waals surface area contributed by atoms with E-state index in [9.17, 15) is 20.4 Å². The Balaban J connectivity index is 2.04. The van der Waals surface area contributed by atoms with E-state index >= 15 is 0 Å². The van der Waals surface area contributed by atoms with Crippen LogP contribution in [0.2, 0.25) is 0 Å². The van der Waals surface area contributed by atoms with Gasteiger partial charge in [0.1, 0.15) is 23.0 Å². The monoisotopic (exact) mass is 995 g/mol. The number of phenolic OH excluding ortho intramolecular Hbond substituents is 4. The summed E-state index contributed by atoms with van der Waals surface area (Å²) < 4.78 is 0. The van der Waals surface area contributed by atoms with E-state index in [4.69, 9.17) is 0 Å². The van der Waals surface area contributed by atoms with Gasteiger partial charge in [-0.1, -0.05) is 221 Å². The summed E-state index contributed by atoms with van der Waals surface area (Å²) in [7, 11) is 0. The second-order valence-corrected chi connectivity index (χ2v) is 31.1. The van der Waals surface area contributed by atoms with E-state index in [0.717, 1.165) is 46.2 Å². The predicted molar refractivity (Wildman–Crippen MR) is 314 cm³/mol. The van der Waals surface area contributed by atoms with Gasteiger partial charge in [0.25, 0.3) is 0 Å². The molecule has 1 aliphatic rings. The van der Waals surface area contributed by atoms with E-state index in [1.54, 1.807) is 0 Å². The topological polar surface area (TPSA) is 80.9 Å². The Morgan fingerprint density at radius 1 is 0.384 bits per heavy atom. The van der Waals surface area contributed by atoms with E-state index in [-0.39, 0.29) is 49.2 Å². The molecule has 0 heterocycles. The summed E-state index contributed by atoms with van der Waals surface area (Å²) in [4.78, 5) is 0. The number of allylic oxidation sites excluding steroid dienone is 4. The molecule has 0 radical (unpaired) electrons. The fraction of sp³-hybridized carbons (Fsp3) is 0.594. The van der Waals surface area contributed by atoms with E-state index in [1.165, 1.54) is 55.7 Å². The molecule has 4 N–H and O–H groups in total. The van der Waals surface area contributed by atoms with Gasteiger partial charge in [-0.3, -0.25) is 0 Å². The van der Waals surface area contributed by atoms with Crippen molar-refractivity contribution in [2.45, 2.75) is 256 Å². The summed E-state index contributed by atoms with van der Waals surface area (Å²) in [5.74, 6) is 1.47. The van der Waals surface area contributed by atoms with Gasteiger partial charge in [0.05, 0.1) is 0 Å². The van der Waals surface area contributed by atoms with Crippen LogP contribution in [0.4, 0.5) is 0 Å². The van der Waals surface area contributed by atoms with Crippen molar-refractivity contribution in [2.75, 3.05) is 0 Å². The third kappa shape index (κ3) is 12.5. The number of hydrogen-bond acceptors (Lipinski definition) is 4. The third-order valence-corrected chi connectivity index (χ3v) is 16.3. The van der Waals surface area contributed by atoms with Gasteiger partial charge in [0, 0.05) is 5.41 Å². The van der Waals surface area contributed by atoms with Gasteiger partial charge in [0.2, 0.25) is 0 Å². The van der Waals surface area contributed by atoms with Crippen molar-refractivity contribution in [3.63, 3.8) is 0 Å². The maximum absolute atomic E-state index is 12.1. The maximum atomic E-state index is 12.1. The highest BCUT2D eigenvalue weighted by molar-refractivity contribution is 5.59. The van der Waals surface area contributed by atoms with Gasteiger partial charge in [-0.15, -0.1) is 0 Å². The zero-order chi connectivity index (χ0) is 56.1. The molecule has 0 fully saturated rings. The predicted octanol–water partition coefficient (Wildman–Crippen LogP) is 18.4. The lowest BCUT2D eigenvalue weighted by molar-refractivity contribution is 0.250. The van der Waals surface area contributed by atoms with Gasteiger partial charge < -0.3 is 20.4 Å². The minimum atomic E-state index is -0.472. The average Bonchev–Trinajstić information content (AvgIpc) is 3.18. The van der Waals surface area contributed by atoms with Crippen molar-refractivity contribution in [2.24, 2.45) is 11.3 Å². The van der Waals surface area contributed by atoms with Crippen LogP contribution in [-0.4, -0.2) is 20.4 Å². The Labute approximate surface area is 446 Å². The average molecular weight is 996 g/mol. The molecule has 4 aromatic rings. The van der Waals surface area contributed by atoms with Crippen molar-refractivity contribution in [1.82, 2.24) is 0 Å². The summed E-state index contributed by atoms with van der Waals surface area (Å²) >= 11 is 0. The van der Waals surface area contributed by atoms with Gasteiger partial charge >= 0.3 is 0 Å². The first-order valence-corrected chi connectivity index (χ1v) is 27.5. The molecule has 4 aromatic carbocycles.